The van der Waals surface area contributed by atoms with E-state index in [2.05, 4.69) is 6.92 Å². The fourth-order valence-corrected chi connectivity index (χ4v) is 1.15. The normalized spacial score (nSPS) is 13.0. The average Bonchev–Trinajstić information content (AvgIpc) is 2.03. The summed E-state index contributed by atoms with van der Waals surface area (Å²) in [5.41, 5.74) is 6.72. The van der Waals surface area contributed by atoms with Crippen LogP contribution in [0, 0.1) is 0 Å². The van der Waals surface area contributed by atoms with E-state index in [1.54, 1.807) is 0 Å². The lowest BCUT2D eigenvalue weighted by atomic mass is 10.0. The highest BCUT2D eigenvalue weighted by Gasteiger charge is 2.01. The first kappa shape index (κ1) is 8.57. The van der Waals surface area contributed by atoms with Crippen molar-refractivity contribution in [1.29, 1.82) is 0 Å². The number of hydrogen-bond donors (Lipinski definition) is 1. The molecule has 0 fully saturated rings. The zero-order valence-corrected chi connectivity index (χ0v) is 7.31. The van der Waals surface area contributed by atoms with Gasteiger partial charge in [0.1, 0.15) is 0 Å². The second kappa shape index (κ2) is 3.74. The van der Waals surface area contributed by atoms with Crippen molar-refractivity contribution in [1.82, 2.24) is 0 Å². The molecule has 0 aliphatic rings. The van der Waals surface area contributed by atoms with Crippen LogP contribution in [0.25, 0.3) is 0 Å². The van der Waals surface area contributed by atoms with Crippen LogP contribution in [0.15, 0.2) is 24.3 Å². The van der Waals surface area contributed by atoms with E-state index in [1.807, 2.05) is 24.3 Å². The Kier molecular flexibility index (Phi) is 2.92. The first-order valence-corrected chi connectivity index (χ1v) is 4.07. The van der Waals surface area contributed by atoms with Crippen LogP contribution in [0.2, 0.25) is 5.02 Å². The molecule has 0 aromatic heterocycles. The molecule has 0 bridgehead atoms. The first-order chi connectivity index (χ1) is 5.24. The highest BCUT2D eigenvalue weighted by Crippen LogP contribution is 2.17. The summed E-state index contributed by atoms with van der Waals surface area (Å²) in [6, 6.07) is 7.82. The van der Waals surface area contributed by atoms with Crippen LogP contribution < -0.4 is 5.73 Å². The molecule has 2 heteroatoms. The Hall–Kier alpha value is -0.530. The van der Waals surface area contributed by atoms with Gasteiger partial charge >= 0.3 is 0 Å². The van der Waals surface area contributed by atoms with E-state index < -0.39 is 0 Å². The Bertz CT molecular complexity index is 235. The topological polar surface area (TPSA) is 26.0 Å². The monoisotopic (exact) mass is 169 g/mol. The Morgan fingerprint density at radius 2 is 2.27 bits per heavy atom. The molecule has 0 heterocycles. The lowest BCUT2D eigenvalue weighted by Crippen LogP contribution is -2.08. The van der Waals surface area contributed by atoms with Crippen LogP contribution in [-0.2, 0) is 0 Å². The average molecular weight is 170 g/mol. The predicted molar refractivity (Wildman–Crippen MR) is 48.9 cm³/mol. The summed E-state index contributed by atoms with van der Waals surface area (Å²) < 4.78 is 0. The van der Waals surface area contributed by atoms with Crippen LogP contribution in [0.1, 0.15) is 18.4 Å². The van der Waals surface area contributed by atoms with Gasteiger partial charge < -0.3 is 5.73 Å². The highest BCUT2D eigenvalue weighted by atomic mass is 35.5. The van der Waals surface area contributed by atoms with Crippen LogP contribution >= 0.6 is 11.6 Å². The molecular weight excluding hydrogens is 158 g/mol. The van der Waals surface area contributed by atoms with E-state index in [0.29, 0.717) is 12.5 Å². The minimum absolute atomic E-state index is 0.397. The van der Waals surface area contributed by atoms with Gasteiger partial charge in [0, 0.05) is 5.02 Å². The summed E-state index contributed by atoms with van der Waals surface area (Å²) in [6.45, 7) is 2.76. The second-order valence-electron chi connectivity index (χ2n) is 2.69. The van der Waals surface area contributed by atoms with Gasteiger partial charge in [-0.25, -0.2) is 0 Å². The predicted octanol–water partition coefficient (Wildman–Crippen LogP) is 2.40. The molecule has 11 heavy (non-hydrogen) atoms. The molecule has 1 aromatic rings. The van der Waals surface area contributed by atoms with Crippen molar-refractivity contribution in [2.45, 2.75) is 12.8 Å². The van der Waals surface area contributed by atoms with Crippen molar-refractivity contribution in [3.63, 3.8) is 0 Å². The second-order valence-corrected chi connectivity index (χ2v) is 3.13. The smallest absolute Gasteiger partial charge is 0.0408 e. The third kappa shape index (κ3) is 2.21. The van der Waals surface area contributed by atoms with Crippen molar-refractivity contribution >= 4 is 11.6 Å². The molecule has 0 aliphatic carbocycles. The number of nitrogens with two attached hydrogens (primary N) is 1. The number of benzene rings is 1. The molecule has 0 saturated carbocycles. The van der Waals surface area contributed by atoms with Crippen molar-refractivity contribution in [3.8, 4) is 0 Å². The van der Waals surface area contributed by atoms with E-state index in [0.717, 1.165) is 5.02 Å². The van der Waals surface area contributed by atoms with E-state index in [-0.39, 0.29) is 0 Å². The van der Waals surface area contributed by atoms with Gasteiger partial charge in [0.05, 0.1) is 0 Å². The van der Waals surface area contributed by atoms with Crippen LogP contribution in [0.3, 0.4) is 0 Å². The van der Waals surface area contributed by atoms with Crippen molar-refractivity contribution in [3.05, 3.63) is 34.9 Å². The van der Waals surface area contributed by atoms with Crippen molar-refractivity contribution < 1.29 is 0 Å². The minimum Gasteiger partial charge on any atom is -0.330 e. The molecule has 0 spiro atoms. The van der Waals surface area contributed by atoms with Gasteiger partial charge in [-0.2, -0.15) is 0 Å². The summed E-state index contributed by atoms with van der Waals surface area (Å²) >= 11 is 5.81. The Morgan fingerprint density at radius 3 is 2.82 bits per heavy atom. The van der Waals surface area contributed by atoms with Crippen LogP contribution in [0.5, 0.6) is 0 Å². The van der Waals surface area contributed by atoms with Crippen molar-refractivity contribution in [2.75, 3.05) is 6.54 Å². The molecule has 0 aliphatic heterocycles. The molecule has 1 atom stereocenters. The summed E-state index contributed by atoms with van der Waals surface area (Å²) in [4.78, 5) is 0. The summed E-state index contributed by atoms with van der Waals surface area (Å²) in [7, 11) is 0. The molecular formula is C9H12ClN. The van der Waals surface area contributed by atoms with Gasteiger partial charge in [-0.3, -0.25) is 0 Å². The largest absolute Gasteiger partial charge is 0.330 e. The van der Waals surface area contributed by atoms with Gasteiger partial charge in [0.15, 0.2) is 0 Å². The lowest BCUT2D eigenvalue weighted by Gasteiger charge is -2.07. The summed E-state index contributed by atoms with van der Waals surface area (Å²) in [5, 5.41) is 0.780. The molecule has 0 radical (unpaired) electrons. The molecule has 0 amide bonds. The maximum Gasteiger partial charge on any atom is 0.0408 e. The molecule has 1 rings (SSSR count). The van der Waals surface area contributed by atoms with E-state index >= 15 is 0 Å². The first-order valence-electron chi connectivity index (χ1n) is 3.69. The van der Waals surface area contributed by atoms with Crippen LogP contribution in [-0.4, -0.2) is 6.54 Å². The van der Waals surface area contributed by atoms with E-state index in [9.17, 15) is 0 Å². The number of hydrogen-bond acceptors (Lipinski definition) is 1. The van der Waals surface area contributed by atoms with Gasteiger partial charge in [-0.15, -0.1) is 0 Å². The maximum atomic E-state index is 5.81. The van der Waals surface area contributed by atoms with Gasteiger partial charge in [-0.05, 0) is 30.2 Å². The zero-order chi connectivity index (χ0) is 8.27. The highest BCUT2D eigenvalue weighted by molar-refractivity contribution is 6.30. The molecule has 1 nitrogen and oxygen atoms in total. The molecule has 2 N–H and O–H groups in total. The zero-order valence-electron chi connectivity index (χ0n) is 6.55. The minimum atomic E-state index is 0.397. The third-order valence-electron chi connectivity index (χ3n) is 1.77. The Balaban J connectivity index is 2.86. The Labute approximate surface area is 72.2 Å². The fourth-order valence-electron chi connectivity index (χ4n) is 0.949. The summed E-state index contributed by atoms with van der Waals surface area (Å²) in [5.74, 6) is 0.397. The van der Waals surface area contributed by atoms with E-state index in [1.165, 1.54) is 5.56 Å². The van der Waals surface area contributed by atoms with E-state index in [4.69, 9.17) is 17.3 Å². The Morgan fingerprint density at radius 1 is 1.55 bits per heavy atom. The lowest BCUT2D eigenvalue weighted by molar-refractivity contribution is 0.774. The van der Waals surface area contributed by atoms with Crippen molar-refractivity contribution in [2.24, 2.45) is 5.73 Å². The number of rotatable bonds is 2. The SMILES string of the molecule is C[C@H](CN)c1cccc(Cl)c1. The molecule has 0 unspecified atom stereocenters. The summed E-state index contributed by atoms with van der Waals surface area (Å²) in [6.07, 6.45) is 0. The van der Waals surface area contributed by atoms with Gasteiger partial charge in [0.25, 0.3) is 0 Å². The fraction of sp³-hybridized carbons (Fsp3) is 0.333. The molecule has 0 saturated heterocycles. The number of halogens is 1. The van der Waals surface area contributed by atoms with Crippen LogP contribution in [0.4, 0.5) is 0 Å². The third-order valence-corrected chi connectivity index (χ3v) is 2.01. The quantitative estimate of drug-likeness (QED) is 0.723. The van der Waals surface area contributed by atoms with Gasteiger partial charge in [-0.1, -0.05) is 30.7 Å². The molecule has 1 aromatic carbocycles. The van der Waals surface area contributed by atoms with Gasteiger partial charge in [0.2, 0.25) is 0 Å². The molecule has 60 valence electrons. The standard InChI is InChI=1S/C9H12ClN/c1-7(6-11)8-3-2-4-9(10)5-8/h2-5,7H,6,11H2,1H3/t7-/m1/s1. The maximum absolute atomic E-state index is 5.81.